The number of aromatic amines is 1. The molecule has 1 fully saturated rings. The fourth-order valence-corrected chi connectivity index (χ4v) is 4.95. The molecule has 3 aromatic carbocycles. The monoisotopic (exact) mass is 594 g/mol. The van der Waals surface area contributed by atoms with Crippen LogP contribution in [0.3, 0.4) is 0 Å². The lowest BCUT2D eigenvalue weighted by Gasteiger charge is -2.25. The van der Waals surface area contributed by atoms with E-state index >= 15 is 0 Å². The Hall–Kier alpha value is -5.75. The largest absolute Gasteiger partial charge is 0.459 e. The third kappa shape index (κ3) is 5.78. The topological polar surface area (TPSA) is 165 Å². The number of nitrogen functional groups attached to an aromatic ring is 1. The van der Waals surface area contributed by atoms with Crippen LogP contribution in [-0.2, 0) is 18.9 Å². The quantitative estimate of drug-likeness (QED) is 0.201. The fraction of sp³-hybridized carbons (Fsp3) is 0.156. The van der Waals surface area contributed by atoms with Crippen molar-refractivity contribution in [3.05, 3.63) is 130 Å². The van der Waals surface area contributed by atoms with E-state index in [1.54, 1.807) is 91.0 Å². The maximum Gasteiger partial charge on any atom is 0.338 e. The van der Waals surface area contributed by atoms with Gasteiger partial charge in [-0.15, -0.1) is 0 Å². The fourth-order valence-electron chi connectivity index (χ4n) is 4.95. The summed E-state index contributed by atoms with van der Waals surface area (Å²) in [6.45, 7) is -0.355. The summed E-state index contributed by atoms with van der Waals surface area (Å²) in [5.41, 5.74) is 6.29. The van der Waals surface area contributed by atoms with Gasteiger partial charge >= 0.3 is 17.9 Å². The zero-order valence-corrected chi connectivity index (χ0v) is 23.1. The number of nitrogens with two attached hydrogens (primary N) is 1. The maximum absolute atomic E-state index is 13.3. The van der Waals surface area contributed by atoms with Crippen LogP contribution in [0.1, 0.15) is 37.3 Å². The number of nitrogens with one attached hydrogen (secondary N) is 1. The molecule has 0 saturated carbocycles. The number of carbonyl (C=O) groups excluding carboxylic acids is 3. The van der Waals surface area contributed by atoms with E-state index in [9.17, 15) is 19.2 Å². The van der Waals surface area contributed by atoms with Gasteiger partial charge in [-0.3, -0.25) is 9.78 Å². The number of ether oxygens (including phenoxy) is 4. The number of anilines is 1. The van der Waals surface area contributed by atoms with E-state index < -0.39 is 48.0 Å². The molecule has 6 rings (SSSR count). The molecule has 12 nitrogen and oxygen atoms in total. The van der Waals surface area contributed by atoms with Gasteiger partial charge in [-0.1, -0.05) is 54.6 Å². The Labute approximate surface area is 249 Å². The second kappa shape index (κ2) is 12.2. The number of rotatable bonds is 8. The van der Waals surface area contributed by atoms with E-state index in [0.717, 1.165) is 0 Å². The zero-order chi connectivity index (χ0) is 30.6. The van der Waals surface area contributed by atoms with Crippen LogP contribution in [-0.4, -0.2) is 57.4 Å². The summed E-state index contributed by atoms with van der Waals surface area (Å²) < 4.78 is 25.2. The van der Waals surface area contributed by atoms with Gasteiger partial charge in [0.25, 0.3) is 5.56 Å². The lowest BCUT2D eigenvalue weighted by atomic mass is 10.1. The normalized spacial score (nSPS) is 19.4. The molecule has 3 heterocycles. The highest BCUT2D eigenvalue weighted by molar-refractivity contribution is 5.91. The summed E-state index contributed by atoms with van der Waals surface area (Å²) in [7, 11) is 0. The predicted octanol–water partition coefficient (Wildman–Crippen LogP) is 3.51. The van der Waals surface area contributed by atoms with Gasteiger partial charge in [-0.2, -0.15) is 4.98 Å². The van der Waals surface area contributed by atoms with Crippen LogP contribution in [0.4, 0.5) is 5.95 Å². The van der Waals surface area contributed by atoms with Gasteiger partial charge < -0.3 is 29.2 Å². The summed E-state index contributed by atoms with van der Waals surface area (Å²) in [5.74, 6) is -2.19. The number of nitrogens with zero attached hydrogens (tertiary/aromatic N) is 2. The minimum Gasteiger partial charge on any atom is -0.459 e. The highest BCUT2D eigenvalue weighted by Gasteiger charge is 2.51. The van der Waals surface area contributed by atoms with E-state index in [0.29, 0.717) is 5.56 Å². The van der Waals surface area contributed by atoms with Gasteiger partial charge in [-0.25, -0.2) is 14.4 Å². The van der Waals surface area contributed by atoms with Gasteiger partial charge in [0, 0.05) is 6.20 Å². The SMILES string of the molecule is Nc1nc2c(ccn2[C@H]2O[C@H](COC(=O)c3ccccc3)[C@@H](OC(=O)c3ccccc3)[C@H]2OC(=O)c2ccccc2)c(=O)[nH]1. The molecule has 1 aliphatic heterocycles. The van der Waals surface area contributed by atoms with E-state index in [1.807, 2.05) is 0 Å². The van der Waals surface area contributed by atoms with Crippen molar-refractivity contribution in [2.45, 2.75) is 24.5 Å². The molecule has 0 unspecified atom stereocenters. The van der Waals surface area contributed by atoms with Crippen molar-refractivity contribution in [1.29, 1.82) is 0 Å². The van der Waals surface area contributed by atoms with E-state index in [2.05, 4.69) is 9.97 Å². The molecule has 0 radical (unpaired) electrons. The van der Waals surface area contributed by atoms with Crippen molar-refractivity contribution in [1.82, 2.24) is 14.5 Å². The third-order valence-electron chi connectivity index (χ3n) is 7.05. The Morgan fingerprint density at radius 1 is 0.773 bits per heavy atom. The van der Waals surface area contributed by atoms with Crippen molar-refractivity contribution in [3.63, 3.8) is 0 Å². The van der Waals surface area contributed by atoms with Crippen LogP contribution >= 0.6 is 0 Å². The molecule has 1 aliphatic rings. The first-order valence-corrected chi connectivity index (χ1v) is 13.6. The second-order valence-corrected chi connectivity index (χ2v) is 9.91. The number of aromatic nitrogens is 3. The molecule has 2 aromatic heterocycles. The first kappa shape index (κ1) is 28.4. The Bertz CT molecular complexity index is 1860. The first-order valence-electron chi connectivity index (χ1n) is 13.6. The molecule has 5 aromatic rings. The molecular formula is C32H26N4O8. The molecule has 3 N–H and O–H groups in total. The molecule has 0 spiro atoms. The van der Waals surface area contributed by atoms with Gasteiger partial charge in [0.15, 0.2) is 24.1 Å². The van der Waals surface area contributed by atoms with Crippen LogP contribution in [0.2, 0.25) is 0 Å². The summed E-state index contributed by atoms with van der Waals surface area (Å²) in [6, 6.07) is 26.3. The number of carbonyl (C=O) groups is 3. The smallest absolute Gasteiger partial charge is 0.338 e. The molecule has 0 amide bonds. The molecule has 44 heavy (non-hydrogen) atoms. The minimum atomic E-state index is -1.27. The molecule has 222 valence electrons. The van der Waals surface area contributed by atoms with Crippen molar-refractivity contribution in [3.8, 4) is 0 Å². The number of benzene rings is 3. The summed E-state index contributed by atoms with van der Waals surface area (Å²) >= 11 is 0. The summed E-state index contributed by atoms with van der Waals surface area (Å²) in [4.78, 5) is 58.7. The molecule has 4 atom stereocenters. The van der Waals surface area contributed by atoms with E-state index in [1.165, 1.54) is 16.8 Å². The van der Waals surface area contributed by atoms with Crippen molar-refractivity contribution >= 4 is 34.9 Å². The number of H-pyrrole nitrogens is 1. The Balaban J connectivity index is 1.39. The number of fused-ring (bicyclic) bond motifs is 1. The average molecular weight is 595 g/mol. The van der Waals surface area contributed by atoms with Crippen LogP contribution in [0.25, 0.3) is 11.0 Å². The van der Waals surface area contributed by atoms with E-state index in [-0.39, 0.29) is 34.7 Å². The highest BCUT2D eigenvalue weighted by Crippen LogP contribution is 2.37. The highest BCUT2D eigenvalue weighted by atomic mass is 16.7. The Morgan fingerprint density at radius 2 is 1.30 bits per heavy atom. The molecule has 0 bridgehead atoms. The average Bonchev–Trinajstić information content (AvgIpc) is 3.62. The van der Waals surface area contributed by atoms with Crippen molar-refractivity contribution in [2.75, 3.05) is 12.3 Å². The number of esters is 3. The molecule has 12 heteroatoms. The molecule has 1 saturated heterocycles. The second-order valence-electron chi connectivity index (χ2n) is 9.91. The molecular weight excluding hydrogens is 568 g/mol. The van der Waals surface area contributed by atoms with Crippen LogP contribution in [0.15, 0.2) is 108 Å². The minimum absolute atomic E-state index is 0.140. The number of hydrogen-bond acceptors (Lipinski definition) is 10. The summed E-state index contributed by atoms with van der Waals surface area (Å²) in [5, 5.41) is 0.202. The maximum atomic E-state index is 13.3. The number of hydrogen-bond donors (Lipinski definition) is 2. The van der Waals surface area contributed by atoms with Crippen molar-refractivity contribution in [2.24, 2.45) is 0 Å². The van der Waals surface area contributed by atoms with E-state index in [4.69, 9.17) is 24.7 Å². The summed E-state index contributed by atoms with van der Waals surface area (Å²) in [6.07, 6.45) is -3.25. The standard InChI is InChI=1S/C32H26N4O8/c33-32-34-26-22(27(37)35-32)16-17-36(26)28-25(44-31(40)21-14-8-3-9-15-21)24(43-30(39)20-12-6-2-7-13-20)23(42-28)18-41-29(38)19-10-4-1-5-11-19/h1-17,23-25,28H,18H2,(H3,33,34,35,37)/t23-,24-,25-,28+/m1/s1. The van der Waals surface area contributed by atoms with Crippen LogP contribution in [0.5, 0.6) is 0 Å². The van der Waals surface area contributed by atoms with Crippen LogP contribution in [0, 0.1) is 0 Å². The predicted molar refractivity (Wildman–Crippen MR) is 157 cm³/mol. The van der Waals surface area contributed by atoms with Gasteiger partial charge in [0.1, 0.15) is 12.7 Å². The Kier molecular flexibility index (Phi) is 7.89. The van der Waals surface area contributed by atoms with Gasteiger partial charge in [0.2, 0.25) is 5.95 Å². The lowest BCUT2D eigenvalue weighted by molar-refractivity contribution is -0.0604. The van der Waals surface area contributed by atoms with Gasteiger partial charge in [0.05, 0.1) is 22.1 Å². The Morgan fingerprint density at radius 3 is 1.86 bits per heavy atom. The zero-order valence-electron chi connectivity index (χ0n) is 23.1. The van der Waals surface area contributed by atoms with Crippen molar-refractivity contribution < 1.29 is 33.3 Å². The van der Waals surface area contributed by atoms with Crippen LogP contribution < -0.4 is 11.3 Å². The van der Waals surface area contributed by atoms with Gasteiger partial charge in [-0.05, 0) is 42.5 Å². The first-order chi connectivity index (χ1) is 21.4. The third-order valence-corrected chi connectivity index (χ3v) is 7.05. The molecule has 0 aliphatic carbocycles. The lowest BCUT2D eigenvalue weighted by Crippen LogP contribution is -2.41.